The summed E-state index contributed by atoms with van der Waals surface area (Å²) in [5.41, 5.74) is 2.15. The van der Waals surface area contributed by atoms with E-state index in [2.05, 4.69) is 6.07 Å². The minimum absolute atomic E-state index is 0.0227. The van der Waals surface area contributed by atoms with E-state index in [0.29, 0.717) is 13.2 Å². The highest BCUT2D eigenvalue weighted by Crippen LogP contribution is 2.44. The van der Waals surface area contributed by atoms with Gasteiger partial charge in [-0.3, -0.25) is 0 Å². The number of methoxy groups -OCH3 is 2. The van der Waals surface area contributed by atoms with Gasteiger partial charge in [-0.25, -0.2) is 0 Å². The van der Waals surface area contributed by atoms with Gasteiger partial charge in [-0.1, -0.05) is 6.07 Å². The van der Waals surface area contributed by atoms with E-state index < -0.39 is 0 Å². The van der Waals surface area contributed by atoms with Crippen LogP contribution in [0, 0.1) is 6.92 Å². The SMILES string of the molecule is COc1ccc(C2(CCCO)COC2)c(OC)c1C. The molecule has 1 aromatic carbocycles. The lowest BCUT2D eigenvalue weighted by atomic mass is 9.74. The van der Waals surface area contributed by atoms with Crippen molar-refractivity contribution in [1.82, 2.24) is 0 Å². The molecule has 0 saturated carbocycles. The van der Waals surface area contributed by atoms with E-state index in [-0.39, 0.29) is 12.0 Å². The minimum Gasteiger partial charge on any atom is -0.496 e. The molecule has 106 valence electrons. The summed E-state index contributed by atoms with van der Waals surface area (Å²) in [6.07, 6.45) is 1.68. The van der Waals surface area contributed by atoms with Crippen LogP contribution >= 0.6 is 0 Å². The van der Waals surface area contributed by atoms with E-state index in [1.807, 2.05) is 13.0 Å². The molecule has 1 heterocycles. The molecule has 1 fully saturated rings. The zero-order valence-corrected chi connectivity index (χ0v) is 11.9. The molecule has 0 bridgehead atoms. The molecule has 19 heavy (non-hydrogen) atoms. The second-order valence-corrected chi connectivity index (χ2v) is 5.07. The van der Waals surface area contributed by atoms with Gasteiger partial charge in [0.15, 0.2) is 0 Å². The zero-order chi connectivity index (χ0) is 13.9. The van der Waals surface area contributed by atoms with Crippen LogP contribution in [0.1, 0.15) is 24.0 Å². The summed E-state index contributed by atoms with van der Waals surface area (Å²) in [5.74, 6) is 1.71. The highest BCUT2D eigenvalue weighted by molar-refractivity contribution is 5.53. The third-order valence-corrected chi connectivity index (χ3v) is 3.92. The first-order valence-electron chi connectivity index (χ1n) is 6.59. The molecule has 0 spiro atoms. The molecule has 1 aliphatic heterocycles. The molecule has 2 rings (SSSR count). The van der Waals surface area contributed by atoms with E-state index in [1.54, 1.807) is 14.2 Å². The first kappa shape index (κ1) is 14.2. The van der Waals surface area contributed by atoms with Crippen LogP contribution < -0.4 is 9.47 Å². The van der Waals surface area contributed by atoms with Crippen molar-refractivity contribution in [3.63, 3.8) is 0 Å². The second-order valence-electron chi connectivity index (χ2n) is 5.07. The zero-order valence-electron chi connectivity index (χ0n) is 11.9. The molecule has 0 aliphatic carbocycles. The predicted molar refractivity (Wildman–Crippen MR) is 73.1 cm³/mol. The van der Waals surface area contributed by atoms with E-state index in [4.69, 9.17) is 19.3 Å². The summed E-state index contributed by atoms with van der Waals surface area (Å²) in [6.45, 7) is 3.59. The Hall–Kier alpha value is -1.26. The van der Waals surface area contributed by atoms with Crippen LogP contribution in [0.3, 0.4) is 0 Å². The maximum Gasteiger partial charge on any atom is 0.129 e. The van der Waals surface area contributed by atoms with Gasteiger partial charge in [-0.15, -0.1) is 0 Å². The van der Waals surface area contributed by atoms with Gasteiger partial charge in [0.1, 0.15) is 11.5 Å². The Morgan fingerprint density at radius 2 is 2.00 bits per heavy atom. The molecule has 0 unspecified atom stereocenters. The maximum atomic E-state index is 9.07. The summed E-state index contributed by atoms with van der Waals surface area (Å²) in [7, 11) is 3.35. The Labute approximate surface area is 114 Å². The molecule has 0 atom stereocenters. The molecular weight excluding hydrogens is 244 g/mol. The van der Waals surface area contributed by atoms with E-state index in [0.717, 1.165) is 35.5 Å². The van der Waals surface area contributed by atoms with E-state index in [1.165, 1.54) is 0 Å². The van der Waals surface area contributed by atoms with Crippen molar-refractivity contribution in [1.29, 1.82) is 0 Å². The van der Waals surface area contributed by atoms with Gasteiger partial charge in [0, 0.05) is 23.1 Å². The van der Waals surface area contributed by atoms with Gasteiger partial charge in [0.25, 0.3) is 0 Å². The normalized spacial score (nSPS) is 16.8. The highest BCUT2D eigenvalue weighted by Gasteiger charge is 2.42. The summed E-state index contributed by atoms with van der Waals surface area (Å²) in [4.78, 5) is 0. The van der Waals surface area contributed by atoms with Gasteiger partial charge in [0.05, 0.1) is 27.4 Å². The van der Waals surface area contributed by atoms with Crippen LogP contribution in [0.2, 0.25) is 0 Å². The fourth-order valence-electron chi connectivity index (χ4n) is 2.78. The lowest BCUT2D eigenvalue weighted by Gasteiger charge is -2.43. The molecule has 1 N–H and O–H groups in total. The Morgan fingerprint density at radius 3 is 2.47 bits per heavy atom. The van der Waals surface area contributed by atoms with E-state index in [9.17, 15) is 0 Å². The van der Waals surface area contributed by atoms with Crippen LogP contribution in [-0.4, -0.2) is 39.1 Å². The fraction of sp³-hybridized carbons (Fsp3) is 0.600. The number of aliphatic hydroxyl groups excluding tert-OH is 1. The van der Waals surface area contributed by atoms with Crippen molar-refractivity contribution in [2.45, 2.75) is 25.2 Å². The molecule has 0 amide bonds. The molecule has 4 nitrogen and oxygen atoms in total. The van der Waals surface area contributed by atoms with Crippen molar-refractivity contribution in [3.8, 4) is 11.5 Å². The maximum absolute atomic E-state index is 9.07. The Bertz CT molecular complexity index is 438. The van der Waals surface area contributed by atoms with Crippen molar-refractivity contribution in [3.05, 3.63) is 23.3 Å². The van der Waals surface area contributed by atoms with Gasteiger partial charge in [0.2, 0.25) is 0 Å². The van der Waals surface area contributed by atoms with Crippen LogP contribution in [0.25, 0.3) is 0 Å². The first-order chi connectivity index (χ1) is 9.18. The monoisotopic (exact) mass is 266 g/mol. The number of benzene rings is 1. The smallest absolute Gasteiger partial charge is 0.129 e. The first-order valence-corrected chi connectivity index (χ1v) is 6.59. The van der Waals surface area contributed by atoms with Crippen molar-refractivity contribution in [2.75, 3.05) is 34.0 Å². The Kier molecular flexibility index (Phi) is 4.32. The van der Waals surface area contributed by atoms with Crippen molar-refractivity contribution in [2.24, 2.45) is 0 Å². The summed E-state index contributed by atoms with van der Waals surface area (Å²) in [5, 5.41) is 9.07. The lowest BCUT2D eigenvalue weighted by Crippen LogP contribution is -2.47. The summed E-state index contributed by atoms with van der Waals surface area (Å²) >= 11 is 0. The molecule has 1 aliphatic rings. The van der Waals surface area contributed by atoms with Crippen molar-refractivity contribution < 1.29 is 19.3 Å². The average Bonchev–Trinajstić information content (AvgIpc) is 2.38. The van der Waals surface area contributed by atoms with Crippen LogP contribution in [0.4, 0.5) is 0 Å². The van der Waals surface area contributed by atoms with Crippen LogP contribution in [0.15, 0.2) is 12.1 Å². The van der Waals surface area contributed by atoms with E-state index >= 15 is 0 Å². The summed E-state index contributed by atoms with van der Waals surface area (Å²) in [6, 6.07) is 4.04. The number of aliphatic hydroxyl groups is 1. The molecule has 1 aromatic rings. The Morgan fingerprint density at radius 1 is 1.26 bits per heavy atom. The Balaban J connectivity index is 2.40. The largest absolute Gasteiger partial charge is 0.496 e. The van der Waals surface area contributed by atoms with Crippen molar-refractivity contribution >= 4 is 0 Å². The predicted octanol–water partition coefficient (Wildman–Crippen LogP) is 2.05. The number of rotatable bonds is 6. The standard InChI is InChI=1S/C15H22O4/c1-11-13(17-2)6-5-12(14(11)18-3)15(7-4-8-16)9-19-10-15/h5-6,16H,4,7-10H2,1-3H3. The molecule has 0 aromatic heterocycles. The van der Waals surface area contributed by atoms with Gasteiger partial charge >= 0.3 is 0 Å². The topological polar surface area (TPSA) is 47.9 Å². The fourth-order valence-corrected chi connectivity index (χ4v) is 2.78. The van der Waals surface area contributed by atoms with Gasteiger partial charge in [-0.2, -0.15) is 0 Å². The molecule has 0 radical (unpaired) electrons. The van der Waals surface area contributed by atoms with Crippen LogP contribution in [0.5, 0.6) is 11.5 Å². The lowest BCUT2D eigenvalue weighted by molar-refractivity contribution is -0.0674. The quantitative estimate of drug-likeness (QED) is 0.856. The number of ether oxygens (including phenoxy) is 3. The third kappa shape index (κ3) is 2.42. The summed E-state index contributed by atoms with van der Waals surface area (Å²) < 4.78 is 16.3. The van der Waals surface area contributed by atoms with Gasteiger partial charge < -0.3 is 19.3 Å². The third-order valence-electron chi connectivity index (χ3n) is 3.92. The van der Waals surface area contributed by atoms with Crippen LogP contribution in [-0.2, 0) is 10.2 Å². The highest BCUT2D eigenvalue weighted by atomic mass is 16.5. The average molecular weight is 266 g/mol. The minimum atomic E-state index is -0.0227. The molecule has 4 heteroatoms. The number of hydrogen-bond acceptors (Lipinski definition) is 4. The second kappa shape index (κ2) is 5.80. The van der Waals surface area contributed by atoms with Gasteiger partial charge in [-0.05, 0) is 25.8 Å². The molecule has 1 saturated heterocycles. The molecular formula is C15H22O4. The number of hydrogen-bond donors (Lipinski definition) is 1.